The van der Waals surface area contributed by atoms with E-state index < -0.39 is 6.04 Å². The zero-order chi connectivity index (χ0) is 9.14. The summed E-state index contributed by atoms with van der Waals surface area (Å²) in [7, 11) is 1.44. The maximum Gasteiger partial charge on any atom is 0.272 e. The van der Waals surface area contributed by atoms with Gasteiger partial charge in [-0.1, -0.05) is 22.0 Å². The average Bonchev–Trinajstić information content (AvgIpc) is 2.03. The summed E-state index contributed by atoms with van der Waals surface area (Å²) in [6.07, 6.45) is 3.76. The molecule has 0 saturated heterocycles. The van der Waals surface area contributed by atoms with E-state index in [0.717, 1.165) is 4.48 Å². The van der Waals surface area contributed by atoms with Gasteiger partial charge in [0.05, 0.1) is 7.11 Å². The molecule has 0 aromatic heterocycles. The fourth-order valence-electron chi connectivity index (χ4n) is 1.02. The zero-order valence-electron chi connectivity index (χ0n) is 6.49. The zero-order valence-corrected chi connectivity index (χ0v) is 8.08. The van der Waals surface area contributed by atoms with Gasteiger partial charge in [-0.25, -0.2) is 0 Å². The van der Waals surface area contributed by atoms with Gasteiger partial charge < -0.3 is 4.74 Å². The maximum absolute atomic E-state index is 10.5. The third-order valence-electron chi connectivity index (χ3n) is 1.63. The SMILES string of the molecule is COC1=CC(Br)=CC[C@@H]1[N+](=O)[O-]. The van der Waals surface area contributed by atoms with Crippen molar-refractivity contribution in [3.05, 3.63) is 32.5 Å². The predicted octanol–water partition coefficient (Wildman–Crippen LogP) is 1.84. The molecule has 0 unspecified atom stereocenters. The second kappa shape index (κ2) is 3.71. The number of ether oxygens (including phenoxy) is 1. The molecule has 66 valence electrons. The van der Waals surface area contributed by atoms with Gasteiger partial charge in [-0.05, 0) is 6.08 Å². The molecule has 5 heteroatoms. The fraction of sp³-hybridized carbons (Fsp3) is 0.429. The summed E-state index contributed by atoms with van der Waals surface area (Å²) >= 11 is 3.23. The number of methoxy groups -OCH3 is 1. The quantitative estimate of drug-likeness (QED) is 0.541. The number of halogens is 1. The lowest BCUT2D eigenvalue weighted by atomic mass is 10.1. The fourth-order valence-corrected chi connectivity index (χ4v) is 1.43. The average molecular weight is 234 g/mol. The van der Waals surface area contributed by atoms with Gasteiger partial charge in [0.25, 0.3) is 6.04 Å². The number of nitro groups is 1. The van der Waals surface area contributed by atoms with Crippen molar-refractivity contribution >= 4 is 15.9 Å². The number of rotatable bonds is 2. The topological polar surface area (TPSA) is 52.4 Å². The van der Waals surface area contributed by atoms with E-state index in [-0.39, 0.29) is 4.92 Å². The first-order valence-electron chi connectivity index (χ1n) is 3.40. The van der Waals surface area contributed by atoms with Gasteiger partial charge in [0.1, 0.15) is 0 Å². The van der Waals surface area contributed by atoms with Crippen LogP contribution in [-0.4, -0.2) is 18.1 Å². The van der Waals surface area contributed by atoms with Crippen molar-refractivity contribution in [1.82, 2.24) is 0 Å². The lowest BCUT2D eigenvalue weighted by Gasteiger charge is -2.13. The molecule has 12 heavy (non-hydrogen) atoms. The smallest absolute Gasteiger partial charge is 0.272 e. The number of allylic oxidation sites excluding steroid dienone is 2. The van der Waals surface area contributed by atoms with Crippen LogP contribution in [-0.2, 0) is 4.74 Å². The molecule has 0 spiro atoms. The van der Waals surface area contributed by atoms with E-state index in [2.05, 4.69) is 15.9 Å². The van der Waals surface area contributed by atoms with Crippen LogP contribution in [0.25, 0.3) is 0 Å². The Morgan fingerprint density at radius 2 is 2.50 bits per heavy atom. The molecular formula is C7H8BrNO3. The molecule has 1 atom stereocenters. The standard InChI is InChI=1S/C7H8BrNO3/c1-12-7-4-5(8)2-3-6(7)9(10)11/h2,4,6H,3H2,1H3/t6-/m0/s1. The van der Waals surface area contributed by atoms with Crippen LogP contribution in [0.3, 0.4) is 0 Å². The van der Waals surface area contributed by atoms with Gasteiger partial charge in [0.2, 0.25) is 0 Å². The van der Waals surface area contributed by atoms with Crippen LogP contribution in [0.15, 0.2) is 22.4 Å². The maximum atomic E-state index is 10.5. The first kappa shape index (κ1) is 9.25. The Hall–Kier alpha value is -0.840. The van der Waals surface area contributed by atoms with Crippen molar-refractivity contribution in [3.8, 4) is 0 Å². The van der Waals surface area contributed by atoms with Gasteiger partial charge >= 0.3 is 0 Å². The monoisotopic (exact) mass is 233 g/mol. The van der Waals surface area contributed by atoms with Gasteiger partial charge in [0.15, 0.2) is 5.76 Å². The Kier molecular flexibility index (Phi) is 2.86. The normalized spacial score (nSPS) is 22.7. The molecule has 0 saturated carbocycles. The van der Waals surface area contributed by atoms with Crippen LogP contribution in [0.5, 0.6) is 0 Å². The summed E-state index contributed by atoms with van der Waals surface area (Å²) in [5, 5.41) is 10.5. The highest BCUT2D eigenvalue weighted by molar-refractivity contribution is 9.11. The van der Waals surface area contributed by atoms with Gasteiger partial charge in [-0.2, -0.15) is 0 Å². The van der Waals surface area contributed by atoms with Crippen LogP contribution < -0.4 is 0 Å². The first-order valence-corrected chi connectivity index (χ1v) is 4.19. The molecule has 0 bridgehead atoms. The number of nitrogens with zero attached hydrogens (tertiary/aromatic N) is 1. The molecule has 1 aliphatic carbocycles. The summed E-state index contributed by atoms with van der Waals surface area (Å²) in [5.74, 6) is 0.398. The molecule has 4 nitrogen and oxygen atoms in total. The number of hydrogen-bond donors (Lipinski definition) is 0. The molecule has 0 heterocycles. The minimum atomic E-state index is -0.726. The first-order chi connectivity index (χ1) is 5.65. The van der Waals surface area contributed by atoms with Crippen molar-refractivity contribution in [1.29, 1.82) is 0 Å². The Morgan fingerprint density at radius 3 is 3.00 bits per heavy atom. The Labute approximate surface area is 78.2 Å². The summed E-state index contributed by atoms with van der Waals surface area (Å²) in [4.78, 5) is 10.1. The molecular weight excluding hydrogens is 226 g/mol. The van der Waals surface area contributed by atoms with E-state index in [1.807, 2.05) is 0 Å². The van der Waals surface area contributed by atoms with E-state index in [4.69, 9.17) is 4.74 Å². The lowest BCUT2D eigenvalue weighted by molar-refractivity contribution is -0.516. The molecule has 0 radical (unpaired) electrons. The van der Waals surface area contributed by atoms with E-state index in [1.165, 1.54) is 7.11 Å². The minimum absolute atomic E-state index is 0.342. The molecule has 0 fully saturated rings. The molecule has 0 aliphatic heterocycles. The molecule has 1 rings (SSSR count). The largest absolute Gasteiger partial charge is 0.494 e. The highest BCUT2D eigenvalue weighted by Gasteiger charge is 2.27. The molecule has 1 aliphatic rings. The summed E-state index contributed by atoms with van der Waals surface area (Å²) in [6.45, 7) is 0. The Bertz CT molecular complexity index is 259. The summed E-state index contributed by atoms with van der Waals surface area (Å²) < 4.78 is 5.72. The molecule has 0 aromatic carbocycles. The van der Waals surface area contributed by atoms with Crippen molar-refractivity contribution in [2.24, 2.45) is 0 Å². The van der Waals surface area contributed by atoms with Gasteiger partial charge in [-0.3, -0.25) is 10.1 Å². The van der Waals surface area contributed by atoms with Crippen molar-refractivity contribution in [3.63, 3.8) is 0 Å². The second-order valence-corrected chi connectivity index (χ2v) is 3.29. The second-order valence-electron chi connectivity index (χ2n) is 2.38. The van der Waals surface area contributed by atoms with Crippen LogP contribution >= 0.6 is 15.9 Å². The van der Waals surface area contributed by atoms with Crippen molar-refractivity contribution in [2.45, 2.75) is 12.5 Å². The minimum Gasteiger partial charge on any atom is -0.494 e. The highest BCUT2D eigenvalue weighted by Crippen LogP contribution is 2.23. The van der Waals surface area contributed by atoms with E-state index in [0.29, 0.717) is 12.2 Å². The van der Waals surface area contributed by atoms with E-state index >= 15 is 0 Å². The number of hydrogen-bond acceptors (Lipinski definition) is 3. The highest BCUT2D eigenvalue weighted by atomic mass is 79.9. The summed E-state index contributed by atoms with van der Waals surface area (Å²) in [6, 6.07) is -0.726. The van der Waals surface area contributed by atoms with Crippen molar-refractivity contribution < 1.29 is 9.66 Å². The van der Waals surface area contributed by atoms with Crippen molar-refractivity contribution in [2.75, 3.05) is 7.11 Å². The van der Waals surface area contributed by atoms with Gasteiger partial charge in [0, 0.05) is 15.8 Å². The summed E-state index contributed by atoms with van der Waals surface area (Å²) in [5.41, 5.74) is 0. The Balaban J connectivity index is 2.84. The van der Waals surface area contributed by atoms with Crippen LogP contribution in [0, 0.1) is 10.1 Å². The molecule has 0 aromatic rings. The predicted molar refractivity (Wildman–Crippen MR) is 47.5 cm³/mol. The van der Waals surface area contributed by atoms with E-state index in [9.17, 15) is 10.1 Å². The van der Waals surface area contributed by atoms with Crippen LogP contribution in [0.4, 0.5) is 0 Å². The van der Waals surface area contributed by atoms with Crippen LogP contribution in [0.1, 0.15) is 6.42 Å². The third kappa shape index (κ3) is 1.85. The molecule has 0 amide bonds. The Morgan fingerprint density at radius 1 is 1.83 bits per heavy atom. The molecule has 0 N–H and O–H groups in total. The third-order valence-corrected chi connectivity index (χ3v) is 2.19. The van der Waals surface area contributed by atoms with Crippen LogP contribution in [0.2, 0.25) is 0 Å². The lowest BCUT2D eigenvalue weighted by Crippen LogP contribution is -2.24. The van der Waals surface area contributed by atoms with E-state index in [1.54, 1.807) is 12.2 Å². The van der Waals surface area contributed by atoms with Gasteiger partial charge in [-0.15, -0.1) is 0 Å².